The Morgan fingerprint density at radius 2 is 1.87 bits per heavy atom. The SMILES string of the molecule is COC(=O)C1=C(C)N=C2SC=C(CC(=O)N3CCCC3)N2[C@H]1c1ccc(C(C)C)cc1. The minimum Gasteiger partial charge on any atom is -0.466 e. The zero-order valence-corrected chi connectivity index (χ0v) is 19.4. The predicted octanol–water partition coefficient (Wildman–Crippen LogP) is 4.57. The van der Waals surface area contributed by atoms with Crippen molar-refractivity contribution in [1.82, 2.24) is 9.80 Å². The first-order chi connectivity index (χ1) is 14.9. The molecule has 164 valence electrons. The van der Waals surface area contributed by atoms with Crippen LogP contribution < -0.4 is 0 Å². The summed E-state index contributed by atoms with van der Waals surface area (Å²) in [4.78, 5) is 34.3. The van der Waals surface area contributed by atoms with E-state index in [9.17, 15) is 9.59 Å². The number of likely N-dealkylation sites (tertiary alicyclic amines) is 1. The molecule has 1 aromatic rings. The van der Waals surface area contributed by atoms with Crippen molar-refractivity contribution in [2.24, 2.45) is 4.99 Å². The number of fused-ring (bicyclic) bond motifs is 1. The van der Waals surface area contributed by atoms with Gasteiger partial charge in [0.05, 0.1) is 30.8 Å². The lowest BCUT2D eigenvalue weighted by Gasteiger charge is -2.36. The molecule has 7 heteroatoms. The number of rotatable bonds is 5. The Kier molecular flexibility index (Phi) is 6.23. The van der Waals surface area contributed by atoms with Crippen LogP contribution in [0.5, 0.6) is 0 Å². The van der Waals surface area contributed by atoms with E-state index in [0.717, 1.165) is 42.4 Å². The van der Waals surface area contributed by atoms with Gasteiger partial charge in [-0.1, -0.05) is 49.9 Å². The quantitative estimate of drug-likeness (QED) is 0.629. The van der Waals surface area contributed by atoms with Crippen LogP contribution in [0.4, 0.5) is 0 Å². The highest BCUT2D eigenvalue weighted by atomic mass is 32.2. The van der Waals surface area contributed by atoms with Crippen molar-refractivity contribution in [3.63, 3.8) is 0 Å². The maximum absolute atomic E-state index is 12.9. The minimum atomic E-state index is -0.389. The first-order valence-electron chi connectivity index (χ1n) is 10.8. The third-order valence-electron chi connectivity index (χ3n) is 6.12. The van der Waals surface area contributed by atoms with Crippen LogP contribution in [0.3, 0.4) is 0 Å². The molecule has 4 rings (SSSR count). The molecule has 0 aliphatic carbocycles. The largest absolute Gasteiger partial charge is 0.466 e. The van der Waals surface area contributed by atoms with Crippen molar-refractivity contribution in [3.05, 3.63) is 57.8 Å². The molecule has 0 radical (unpaired) electrons. The molecule has 1 atom stereocenters. The molecule has 6 nitrogen and oxygen atoms in total. The highest BCUT2D eigenvalue weighted by Gasteiger charge is 2.41. The second kappa shape index (κ2) is 8.91. The van der Waals surface area contributed by atoms with Gasteiger partial charge in [0, 0.05) is 18.8 Å². The topological polar surface area (TPSA) is 62.2 Å². The van der Waals surface area contributed by atoms with E-state index in [2.05, 4.69) is 43.1 Å². The van der Waals surface area contributed by atoms with Crippen LogP contribution in [0, 0.1) is 0 Å². The van der Waals surface area contributed by atoms with Gasteiger partial charge in [0.25, 0.3) is 0 Å². The van der Waals surface area contributed by atoms with Gasteiger partial charge in [-0.3, -0.25) is 4.79 Å². The summed E-state index contributed by atoms with van der Waals surface area (Å²) in [5, 5.41) is 2.79. The fraction of sp³-hybridized carbons (Fsp3) is 0.458. The number of benzene rings is 1. The monoisotopic (exact) mass is 439 g/mol. The first-order valence-corrected chi connectivity index (χ1v) is 11.7. The third-order valence-corrected chi connectivity index (χ3v) is 7.00. The van der Waals surface area contributed by atoms with Gasteiger partial charge in [-0.2, -0.15) is 0 Å². The average molecular weight is 440 g/mol. The Labute approximate surface area is 188 Å². The van der Waals surface area contributed by atoms with E-state index in [1.807, 2.05) is 22.1 Å². The van der Waals surface area contributed by atoms with Crippen LogP contribution in [0.2, 0.25) is 0 Å². The van der Waals surface area contributed by atoms with Crippen molar-refractivity contribution < 1.29 is 14.3 Å². The molecule has 1 saturated heterocycles. The number of hydrogen-bond donors (Lipinski definition) is 0. The number of esters is 1. The number of allylic oxidation sites excluding steroid dienone is 1. The molecule has 3 aliphatic heterocycles. The summed E-state index contributed by atoms with van der Waals surface area (Å²) in [5.74, 6) is 0.163. The van der Waals surface area contributed by atoms with E-state index in [-0.39, 0.29) is 17.9 Å². The molecule has 1 amide bonds. The number of amidine groups is 1. The van der Waals surface area contributed by atoms with Crippen LogP contribution in [0.1, 0.15) is 63.1 Å². The summed E-state index contributed by atoms with van der Waals surface area (Å²) < 4.78 is 5.13. The van der Waals surface area contributed by atoms with Crippen molar-refractivity contribution in [1.29, 1.82) is 0 Å². The Morgan fingerprint density at radius 3 is 2.48 bits per heavy atom. The Morgan fingerprint density at radius 1 is 1.19 bits per heavy atom. The Balaban J connectivity index is 1.71. The van der Waals surface area contributed by atoms with E-state index in [0.29, 0.717) is 23.6 Å². The molecule has 0 saturated carbocycles. The summed E-state index contributed by atoms with van der Waals surface area (Å²) in [6.45, 7) is 7.82. The Hall–Kier alpha value is -2.54. The lowest BCUT2D eigenvalue weighted by atomic mass is 9.92. The highest BCUT2D eigenvalue weighted by Crippen LogP contribution is 2.45. The summed E-state index contributed by atoms with van der Waals surface area (Å²) >= 11 is 1.51. The minimum absolute atomic E-state index is 0.130. The maximum Gasteiger partial charge on any atom is 0.338 e. The number of nitrogens with zero attached hydrogens (tertiary/aromatic N) is 3. The van der Waals surface area contributed by atoms with Gasteiger partial charge in [-0.05, 0) is 42.2 Å². The lowest BCUT2D eigenvalue weighted by molar-refractivity contribution is -0.136. The number of ether oxygens (including phenoxy) is 1. The number of carbonyl (C=O) groups excluding carboxylic acids is 2. The van der Waals surface area contributed by atoms with Gasteiger partial charge < -0.3 is 14.5 Å². The fourth-order valence-corrected chi connectivity index (χ4v) is 5.32. The van der Waals surface area contributed by atoms with Gasteiger partial charge in [0.2, 0.25) is 5.91 Å². The number of thioether (sulfide) groups is 1. The van der Waals surface area contributed by atoms with Gasteiger partial charge in [-0.25, -0.2) is 9.79 Å². The normalized spacial score (nSPS) is 20.7. The van der Waals surface area contributed by atoms with Crippen LogP contribution in [-0.4, -0.2) is 47.0 Å². The summed E-state index contributed by atoms with van der Waals surface area (Å²) in [6, 6.07) is 7.99. The fourth-order valence-electron chi connectivity index (χ4n) is 4.35. The Bertz CT molecular complexity index is 972. The molecule has 1 aromatic carbocycles. The molecule has 0 aromatic heterocycles. The standard InChI is InChI=1S/C24H29N3O3S/c1-15(2)17-7-9-18(10-8-17)22-21(23(29)30-4)16(3)25-24-27(22)19(14-31-24)13-20(28)26-11-5-6-12-26/h7-10,14-15,22H,5-6,11-13H2,1-4H3/t22-/m0/s1. The van der Waals surface area contributed by atoms with Gasteiger partial charge in [0.1, 0.15) is 0 Å². The number of hydrogen-bond acceptors (Lipinski definition) is 6. The van der Waals surface area contributed by atoms with E-state index >= 15 is 0 Å². The van der Waals surface area contributed by atoms with E-state index < -0.39 is 0 Å². The van der Waals surface area contributed by atoms with Gasteiger partial charge in [0.15, 0.2) is 5.17 Å². The molecule has 0 N–H and O–H groups in total. The van der Waals surface area contributed by atoms with Crippen LogP contribution in [0.15, 0.2) is 51.6 Å². The molecule has 0 bridgehead atoms. The molecule has 0 unspecified atom stereocenters. The smallest absolute Gasteiger partial charge is 0.338 e. The second-order valence-electron chi connectivity index (χ2n) is 8.47. The van der Waals surface area contributed by atoms with Crippen LogP contribution >= 0.6 is 11.8 Å². The van der Waals surface area contributed by atoms with Crippen molar-refractivity contribution in [3.8, 4) is 0 Å². The van der Waals surface area contributed by atoms with Crippen molar-refractivity contribution in [2.75, 3.05) is 20.2 Å². The molecule has 3 aliphatic rings. The van der Waals surface area contributed by atoms with Crippen LogP contribution in [0.25, 0.3) is 0 Å². The van der Waals surface area contributed by atoms with Crippen molar-refractivity contribution in [2.45, 2.75) is 52.0 Å². The first kappa shape index (κ1) is 21.7. The number of amides is 1. The van der Waals surface area contributed by atoms with Gasteiger partial charge in [-0.15, -0.1) is 0 Å². The zero-order chi connectivity index (χ0) is 22.1. The molecular formula is C24H29N3O3S. The van der Waals surface area contributed by atoms with Gasteiger partial charge >= 0.3 is 5.97 Å². The lowest BCUT2D eigenvalue weighted by Crippen LogP contribution is -2.38. The molecule has 31 heavy (non-hydrogen) atoms. The van der Waals surface area contributed by atoms with Crippen molar-refractivity contribution >= 4 is 28.8 Å². The molecule has 1 fully saturated rings. The molecule has 0 spiro atoms. The number of aliphatic imine (C=N–C) groups is 1. The predicted molar refractivity (Wildman–Crippen MR) is 123 cm³/mol. The average Bonchev–Trinajstić information content (AvgIpc) is 3.43. The molecule has 3 heterocycles. The van der Waals surface area contributed by atoms with Crippen LogP contribution in [-0.2, 0) is 14.3 Å². The van der Waals surface area contributed by atoms with E-state index in [4.69, 9.17) is 4.74 Å². The highest BCUT2D eigenvalue weighted by molar-refractivity contribution is 8.16. The number of methoxy groups -OCH3 is 1. The molecular weight excluding hydrogens is 410 g/mol. The second-order valence-corrected chi connectivity index (χ2v) is 9.31. The third kappa shape index (κ3) is 4.15. The zero-order valence-electron chi connectivity index (χ0n) is 18.6. The summed E-state index contributed by atoms with van der Waals surface area (Å²) in [5.41, 5.74) is 4.28. The van der Waals surface area contributed by atoms with E-state index in [1.54, 1.807) is 0 Å². The summed E-state index contributed by atoms with van der Waals surface area (Å²) in [7, 11) is 1.40. The summed E-state index contributed by atoms with van der Waals surface area (Å²) in [6.07, 6.45) is 2.44. The van der Waals surface area contributed by atoms with E-state index in [1.165, 1.54) is 24.4 Å². The number of carbonyl (C=O) groups is 2. The maximum atomic E-state index is 12.9.